The van der Waals surface area contributed by atoms with Crippen molar-refractivity contribution < 1.29 is 9.53 Å². The lowest BCUT2D eigenvalue weighted by molar-refractivity contribution is 0.0633. The molecule has 0 aliphatic carbocycles. The number of carbonyl (C=O) groups excluding carboxylic acids is 1. The molecule has 1 saturated heterocycles. The number of para-hydroxylation sites is 1. The molecule has 7 heteroatoms. The summed E-state index contributed by atoms with van der Waals surface area (Å²) < 4.78 is 6.04. The SMILES string of the molecule is Cc1cccc(C)c1OCc1csc(C(=O)N2CCN(Cc3ccc(Cl)cc3Cl)CC2)c1. The van der Waals surface area contributed by atoms with E-state index < -0.39 is 0 Å². The first kappa shape index (κ1) is 23.1. The lowest BCUT2D eigenvalue weighted by Gasteiger charge is -2.34. The summed E-state index contributed by atoms with van der Waals surface area (Å²) in [4.78, 5) is 18.0. The monoisotopic (exact) mass is 488 g/mol. The molecule has 1 fully saturated rings. The van der Waals surface area contributed by atoms with E-state index in [-0.39, 0.29) is 5.91 Å². The van der Waals surface area contributed by atoms with Crippen molar-refractivity contribution in [1.29, 1.82) is 0 Å². The number of thiophene rings is 1. The van der Waals surface area contributed by atoms with Gasteiger partial charge in [0.05, 0.1) is 4.88 Å². The van der Waals surface area contributed by atoms with Crippen LogP contribution in [-0.2, 0) is 13.2 Å². The van der Waals surface area contributed by atoms with E-state index >= 15 is 0 Å². The second kappa shape index (κ2) is 10.3. The topological polar surface area (TPSA) is 32.8 Å². The van der Waals surface area contributed by atoms with Crippen LogP contribution in [0.5, 0.6) is 5.75 Å². The highest BCUT2D eigenvalue weighted by Crippen LogP contribution is 2.26. The highest BCUT2D eigenvalue weighted by molar-refractivity contribution is 7.12. The second-order valence-corrected chi connectivity index (χ2v) is 9.89. The summed E-state index contributed by atoms with van der Waals surface area (Å²) >= 11 is 13.8. The van der Waals surface area contributed by atoms with Crippen LogP contribution in [0, 0.1) is 13.8 Å². The molecule has 2 heterocycles. The molecule has 0 radical (unpaired) electrons. The smallest absolute Gasteiger partial charge is 0.264 e. The molecule has 0 unspecified atom stereocenters. The Balaban J connectivity index is 1.30. The summed E-state index contributed by atoms with van der Waals surface area (Å²) in [6.07, 6.45) is 0. The highest BCUT2D eigenvalue weighted by atomic mass is 35.5. The van der Waals surface area contributed by atoms with Gasteiger partial charge in [-0.3, -0.25) is 9.69 Å². The Bertz CT molecular complexity index is 1090. The van der Waals surface area contributed by atoms with Crippen molar-refractivity contribution in [2.75, 3.05) is 26.2 Å². The van der Waals surface area contributed by atoms with Crippen molar-refractivity contribution in [3.8, 4) is 5.75 Å². The van der Waals surface area contributed by atoms with E-state index in [1.807, 2.05) is 60.5 Å². The Kier molecular flexibility index (Phi) is 7.41. The molecular formula is C25H26Cl2N2O2S. The van der Waals surface area contributed by atoms with Crippen LogP contribution in [0.2, 0.25) is 10.0 Å². The number of aryl methyl sites for hydroxylation is 2. The number of benzene rings is 2. The van der Waals surface area contributed by atoms with Crippen LogP contribution in [-0.4, -0.2) is 41.9 Å². The van der Waals surface area contributed by atoms with Crippen molar-refractivity contribution >= 4 is 40.4 Å². The van der Waals surface area contributed by atoms with Crippen molar-refractivity contribution in [1.82, 2.24) is 9.80 Å². The molecule has 0 spiro atoms. The molecule has 1 aliphatic rings. The highest BCUT2D eigenvalue weighted by Gasteiger charge is 2.23. The predicted molar refractivity (Wildman–Crippen MR) is 132 cm³/mol. The number of halogens is 2. The zero-order valence-corrected chi connectivity index (χ0v) is 20.6. The molecule has 0 atom stereocenters. The van der Waals surface area contributed by atoms with Crippen LogP contribution in [0.15, 0.2) is 47.8 Å². The molecule has 0 N–H and O–H groups in total. The van der Waals surface area contributed by atoms with Crippen LogP contribution >= 0.6 is 34.5 Å². The zero-order chi connectivity index (χ0) is 22.7. The summed E-state index contributed by atoms with van der Waals surface area (Å²) in [5.74, 6) is 1.01. The summed E-state index contributed by atoms with van der Waals surface area (Å²) in [6.45, 7) is 8.36. The third-order valence-corrected chi connectivity index (χ3v) is 7.28. The van der Waals surface area contributed by atoms with E-state index in [4.69, 9.17) is 27.9 Å². The van der Waals surface area contributed by atoms with Crippen LogP contribution in [0.3, 0.4) is 0 Å². The summed E-state index contributed by atoms with van der Waals surface area (Å²) in [5, 5.41) is 3.34. The number of piperazine rings is 1. The van der Waals surface area contributed by atoms with Crippen molar-refractivity contribution in [2.45, 2.75) is 27.0 Å². The summed E-state index contributed by atoms with van der Waals surface area (Å²) in [7, 11) is 0. The van der Waals surface area contributed by atoms with Gasteiger partial charge in [-0.15, -0.1) is 11.3 Å². The van der Waals surface area contributed by atoms with Gasteiger partial charge in [0.15, 0.2) is 0 Å². The molecule has 0 bridgehead atoms. The van der Waals surface area contributed by atoms with E-state index in [9.17, 15) is 4.79 Å². The van der Waals surface area contributed by atoms with Gasteiger partial charge in [0.2, 0.25) is 0 Å². The minimum atomic E-state index is 0.0949. The predicted octanol–water partition coefficient (Wildman–Crippen LogP) is 6.21. The third-order valence-electron chi connectivity index (χ3n) is 5.73. The number of nitrogens with zero attached hydrogens (tertiary/aromatic N) is 2. The largest absolute Gasteiger partial charge is 0.488 e. The average Bonchev–Trinajstić information content (AvgIpc) is 3.24. The molecule has 0 saturated carbocycles. The van der Waals surface area contributed by atoms with E-state index in [0.29, 0.717) is 29.7 Å². The molecule has 168 valence electrons. The van der Waals surface area contributed by atoms with E-state index in [1.54, 1.807) is 6.07 Å². The first-order valence-electron chi connectivity index (χ1n) is 10.6. The quantitative estimate of drug-likeness (QED) is 0.413. The van der Waals surface area contributed by atoms with Gasteiger partial charge in [0.1, 0.15) is 12.4 Å². The van der Waals surface area contributed by atoms with Gasteiger partial charge >= 0.3 is 0 Å². The lowest BCUT2D eigenvalue weighted by atomic mass is 10.1. The first-order valence-corrected chi connectivity index (χ1v) is 12.3. The Hall–Kier alpha value is -2.05. The molecule has 2 aromatic carbocycles. The minimum absolute atomic E-state index is 0.0949. The summed E-state index contributed by atoms with van der Waals surface area (Å²) in [6, 6.07) is 13.7. The number of carbonyl (C=O) groups is 1. The number of hydrogen-bond donors (Lipinski definition) is 0. The van der Waals surface area contributed by atoms with E-state index in [2.05, 4.69) is 4.90 Å². The number of hydrogen-bond acceptors (Lipinski definition) is 4. The summed E-state index contributed by atoms with van der Waals surface area (Å²) in [5.41, 5.74) is 4.32. The Morgan fingerprint density at radius 1 is 1.03 bits per heavy atom. The normalized spacial score (nSPS) is 14.6. The van der Waals surface area contributed by atoms with E-state index in [0.717, 1.165) is 52.5 Å². The van der Waals surface area contributed by atoms with Gasteiger partial charge in [-0.05, 0) is 54.1 Å². The van der Waals surface area contributed by atoms with Gasteiger partial charge in [-0.25, -0.2) is 0 Å². The van der Waals surface area contributed by atoms with Gasteiger partial charge < -0.3 is 9.64 Å². The Morgan fingerprint density at radius 3 is 2.44 bits per heavy atom. The molecule has 3 aromatic rings. The Morgan fingerprint density at radius 2 is 1.75 bits per heavy atom. The van der Waals surface area contributed by atoms with Crippen LogP contribution in [0.4, 0.5) is 0 Å². The Labute approximate surface area is 203 Å². The van der Waals surface area contributed by atoms with Crippen LogP contribution in [0.25, 0.3) is 0 Å². The fourth-order valence-electron chi connectivity index (χ4n) is 3.90. The standard InChI is InChI=1S/C25H26Cl2N2O2S/c1-17-4-3-5-18(2)24(17)31-15-19-12-23(32-16-19)25(30)29-10-8-28(9-11-29)14-20-6-7-21(26)13-22(20)27/h3-7,12-13,16H,8-11,14-15H2,1-2H3. The maximum absolute atomic E-state index is 13.0. The van der Waals surface area contributed by atoms with E-state index in [1.165, 1.54) is 11.3 Å². The molecular weight excluding hydrogens is 463 g/mol. The van der Waals surface area contributed by atoms with Gasteiger partial charge in [0, 0.05) is 48.3 Å². The van der Waals surface area contributed by atoms with Gasteiger partial charge in [0.25, 0.3) is 5.91 Å². The zero-order valence-electron chi connectivity index (χ0n) is 18.2. The maximum atomic E-state index is 13.0. The number of rotatable bonds is 6. The van der Waals surface area contributed by atoms with Crippen molar-refractivity contribution in [2.24, 2.45) is 0 Å². The number of ether oxygens (including phenoxy) is 1. The number of amides is 1. The lowest BCUT2D eigenvalue weighted by Crippen LogP contribution is -2.48. The molecule has 4 rings (SSSR count). The molecule has 4 nitrogen and oxygen atoms in total. The van der Waals surface area contributed by atoms with Gasteiger partial charge in [-0.2, -0.15) is 0 Å². The van der Waals surface area contributed by atoms with Crippen LogP contribution in [0.1, 0.15) is 31.9 Å². The molecule has 1 aromatic heterocycles. The maximum Gasteiger partial charge on any atom is 0.264 e. The third kappa shape index (κ3) is 5.46. The average molecular weight is 489 g/mol. The van der Waals surface area contributed by atoms with Gasteiger partial charge in [-0.1, -0.05) is 47.5 Å². The first-order chi connectivity index (χ1) is 15.4. The fourth-order valence-corrected chi connectivity index (χ4v) is 5.23. The minimum Gasteiger partial charge on any atom is -0.488 e. The fraction of sp³-hybridized carbons (Fsp3) is 0.320. The second-order valence-electron chi connectivity index (χ2n) is 8.13. The molecule has 1 aliphatic heterocycles. The molecule has 32 heavy (non-hydrogen) atoms. The van der Waals surface area contributed by atoms with Crippen molar-refractivity contribution in [3.63, 3.8) is 0 Å². The van der Waals surface area contributed by atoms with Crippen LogP contribution < -0.4 is 4.74 Å². The molecule has 1 amide bonds. The van der Waals surface area contributed by atoms with Crippen molar-refractivity contribution in [3.05, 3.63) is 85.0 Å².